The molecule has 2 saturated heterocycles. The number of halogens is 3. The van der Waals surface area contributed by atoms with Gasteiger partial charge in [0.1, 0.15) is 0 Å². The third-order valence-corrected chi connectivity index (χ3v) is 10.1. The zero-order chi connectivity index (χ0) is 37.0. The molecule has 0 saturated carbocycles. The van der Waals surface area contributed by atoms with Crippen molar-refractivity contribution in [3.8, 4) is 17.0 Å². The molecule has 2 fully saturated rings. The SMILES string of the molecule is COc1ccc(-c2cnc(C(=O)Nc3ccc(C(=O)N4CCN(C(=O)C5CC[N+](CCN(C)C)(CC(=O)O)CC5)CC4)c(Cl)c3)n2C)c(F)c1F. The van der Waals surface area contributed by atoms with Crippen LogP contribution in [0.2, 0.25) is 5.02 Å². The Balaban J connectivity index is 1.16. The lowest BCUT2D eigenvalue weighted by Crippen LogP contribution is -2.59. The van der Waals surface area contributed by atoms with Crippen molar-refractivity contribution in [1.82, 2.24) is 24.3 Å². The molecule has 3 amide bonds. The average Bonchev–Trinajstić information content (AvgIpc) is 3.49. The maximum atomic E-state index is 14.7. The van der Waals surface area contributed by atoms with Crippen LogP contribution in [0.5, 0.6) is 5.75 Å². The number of ether oxygens (including phenoxy) is 1. The van der Waals surface area contributed by atoms with Gasteiger partial charge in [-0.15, -0.1) is 0 Å². The lowest BCUT2D eigenvalue weighted by molar-refractivity contribution is -0.926. The highest BCUT2D eigenvalue weighted by Gasteiger charge is 2.40. The number of carbonyl (C=O) groups excluding carboxylic acids is 3. The first kappa shape index (κ1) is 37.7. The summed E-state index contributed by atoms with van der Waals surface area (Å²) in [4.78, 5) is 61.1. The van der Waals surface area contributed by atoms with Gasteiger partial charge in [-0.2, -0.15) is 4.39 Å². The quantitative estimate of drug-likeness (QED) is 0.287. The number of aromatic nitrogens is 2. The zero-order valence-corrected chi connectivity index (χ0v) is 29.9. The van der Waals surface area contributed by atoms with Crippen LogP contribution in [0.15, 0.2) is 36.5 Å². The summed E-state index contributed by atoms with van der Waals surface area (Å²) >= 11 is 6.51. The van der Waals surface area contributed by atoms with Crippen molar-refractivity contribution in [1.29, 1.82) is 0 Å². The molecule has 2 aromatic carbocycles. The zero-order valence-electron chi connectivity index (χ0n) is 29.1. The Morgan fingerprint density at radius 3 is 2.31 bits per heavy atom. The first-order valence-electron chi connectivity index (χ1n) is 16.7. The smallest absolute Gasteiger partial charge is 0.359 e. The minimum Gasteiger partial charge on any atom is -0.494 e. The number of likely N-dealkylation sites (tertiary alicyclic amines) is 1. The number of carboxylic acid groups (broad SMARTS) is 1. The van der Waals surface area contributed by atoms with Crippen molar-refractivity contribution in [3.05, 3.63) is 64.6 Å². The summed E-state index contributed by atoms with van der Waals surface area (Å²) in [5.74, 6) is -4.50. The maximum Gasteiger partial charge on any atom is 0.359 e. The van der Waals surface area contributed by atoms with Gasteiger partial charge in [0.05, 0.1) is 49.2 Å². The highest BCUT2D eigenvalue weighted by molar-refractivity contribution is 6.34. The fourth-order valence-electron chi connectivity index (χ4n) is 6.79. The Morgan fingerprint density at radius 1 is 1.04 bits per heavy atom. The molecule has 16 heteroatoms. The lowest BCUT2D eigenvalue weighted by atomic mass is 9.92. The number of aliphatic carboxylic acids is 1. The second-order valence-corrected chi connectivity index (χ2v) is 13.8. The van der Waals surface area contributed by atoms with Gasteiger partial charge < -0.3 is 38.9 Å². The molecule has 0 spiro atoms. The summed E-state index contributed by atoms with van der Waals surface area (Å²) < 4.78 is 35.6. The summed E-state index contributed by atoms with van der Waals surface area (Å²) in [5.41, 5.74) is 0.611. The van der Waals surface area contributed by atoms with E-state index in [1.54, 1.807) is 9.80 Å². The van der Waals surface area contributed by atoms with E-state index in [0.717, 1.165) is 13.1 Å². The second kappa shape index (κ2) is 15.7. The molecular formula is C35H43ClF2N7O6+. The molecule has 3 heterocycles. The standard InChI is InChI=1S/C35H42ClF2N7O6/c1-41(2)15-18-45(21-29(46)47)16-9-22(10-17-45)34(49)43-11-13-44(14-12-43)35(50)24-6-5-23(19-26(24)36)40-33(48)32-39-20-27(42(32)3)25-7-8-28(51-4)31(38)30(25)37/h5-8,19-20,22H,9-18,21H2,1-4H3,(H-,40,46,47,48,50)/p+1. The fraction of sp³-hybridized carbons (Fsp3) is 0.457. The van der Waals surface area contributed by atoms with Crippen molar-refractivity contribution in [2.24, 2.45) is 13.0 Å². The number of benzene rings is 2. The molecule has 2 aliphatic rings. The number of piperidine rings is 1. The van der Waals surface area contributed by atoms with Crippen LogP contribution in [0.4, 0.5) is 14.5 Å². The van der Waals surface area contributed by atoms with Crippen LogP contribution in [-0.2, 0) is 16.6 Å². The molecule has 2 N–H and O–H groups in total. The van der Waals surface area contributed by atoms with E-state index in [1.165, 1.54) is 55.3 Å². The van der Waals surface area contributed by atoms with Crippen molar-refractivity contribution >= 4 is 41.0 Å². The van der Waals surface area contributed by atoms with E-state index in [2.05, 4.69) is 10.3 Å². The Morgan fingerprint density at radius 2 is 1.71 bits per heavy atom. The lowest BCUT2D eigenvalue weighted by Gasteiger charge is -2.44. The van der Waals surface area contributed by atoms with Gasteiger partial charge in [0.15, 0.2) is 23.9 Å². The van der Waals surface area contributed by atoms with Crippen molar-refractivity contribution in [2.45, 2.75) is 12.8 Å². The van der Waals surface area contributed by atoms with Crippen LogP contribution in [0.3, 0.4) is 0 Å². The fourth-order valence-corrected chi connectivity index (χ4v) is 7.05. The van der Waals surface area contributed by atoms with Crippen molar-refractivity contribution in [3.63, 3.8) is 0 Å². The number of hydrogen-bond acceptors (Lipinski definition) is 7. The largest absolute Gasteiger partial charge is 0.494 e. The van der Waals surface area contributed by atoms with Gasteiger partial charge in [0.2, 0.25) is 11.7 Å². The average molecular weight is 731 g/mol. The molecule has 2 aliphatic heterocycles. The van der Waals surface area contributed by atoms with E-state index in [1.807, 2.05) is 19.0 Å². The van der Waals surface area contributed by atoms with Crippen LogP contribution in [0.25, 0.3) is 11.3 Å². The van der Waals surface area contributed by atoms with Crippen LogP contribution >= 0.6 is 11.6 Å². The second-order valence-electron chi connectivity index (χ2n) is 13.4. The molecule has 0 unspecified atom stereocenters. The number of amides is 3. The Labute approximate surface area is 299 Å². The first-order valence-corrected chi connectivity index (χ1v) is 17.1. The Kier molecular flexibility index (Phi) is 11.6. The molecule has 51 heavy (non-hydrogen) atoms. The van der Waals surface area contributed by atoms with Gasteiger partial charge in [0, 0.05) is 69.8 Å². The minimum absolute atomic E-state index is 0.0436. The number of carboxylic acids is 1. The van der Waals surface area contributed by atoms with E-state index in [9.17, 15) is 33.1 Å². The molecule has 0 radical (unpaired) electrons. The number of nitrogens with zero attached hydrogens (tertiary/aromatic N) is 6. The number of likely N-dealkylation sites (N-methyl/N-ethyl adjacent to an activating group) is 1. The van der Waals surface area contributed by atoms with Crippen LogP contribution in [-0.4, -0.2) is 138 Å². The van der Waals surface area contributed by atoms with Gasteiger partial charge in [0.25, 0.3) is 11.8 Å². The van der Waals surface area contributed by atoms with Gasteiger partial charge in [-0.1, -0.05) is 11.6 Å². The predicted molar refractivity (Wildman–Crippen MR) is 186 cm³/mol. The Bertz CT molecular complexity index is 1800. The predicted octanol–water partition coefficient (Wildman–Crippen LogP) is 3.44. The summed E-state index contributed by atoms with van der Waals surface area (Å²) in [7, 11) is 6.65. The first-order chi connectivity index (χ1) is 24.2. The number of carbonyl (C=O) groups is 4. The third-order valence-electron chi connectivity index (χ3n) is 9.82. The van der Waals surface area contributed by atoms with E-state index in [4.69, 9.17) is 16.3 Å². The van der Waals surface area contributed by atoms with E-state index in [-0.39, 0.29) is 57.7 Å². The number of rotatable bonds is 11. The molecule has 5 rings (SSSR count). The van der Waals surface area contributed by atoms with Crippen molar-refractivity contribution in [2.75, 3.05) is 85.4 Å². The molecule has 13 nitrogen and oxygen atoms in total. The topological polar surface area (TPSA) is 137 Å². The van der Waals surface area contributed by atoms with Crippen LogP contribution in [0.1, 0.15) is 33.8 Å². The molecule has 0 bridgehead atoms. The number of methoxy groups -OCH3 is 1. The normalized spacial score (nSPS) is 19.3. The van der Waals surface area contributed by atoms with E-state index in [0.29, 0.717) is 62.3 Å². The minimum atomic E-state index is -1.15. The van der Waals surface area contributed by atoms with E-state index >= 15 is 0 Å². The number of piperazine rings is 1. The highest BCUT2D eigenvalue weighted by atomic mass is 35.5. The van der Waals surface area contributed by atoms with Gasteiger partial charge in [-0.25, -0.2) is 14.2 Å². The van der Waals surface area contributed by atoms with Crippen LogP contribution < -0.4 is 10.1 Å². The van der Waals surface area contributed by atoms with Gasteiger partial charge in [-0.05, 0) is 44.4 Å². The molecule has 0 atom stereocenters. The monoisotopic (exact) mass is 730 g/mol. The third kappa shape index (κ3) is 8.32. The number of quaternary nitrogens is 1. The maximum absolute atomic E-state index is 14.7. The summed E-state index contributed by atoms with van der Waals surface area (Å²) in [6.45, 7) is 4.22. The Hall–Kier alpha value is -4.60. The number of nitrogens with one attached hydrogen (secondary N) is 1. The van der Waals surface area contributed by atoms with Crippen LogP contribution in [0, 0.1) is 17.6 Å². The van der Waals surface area contributed by atoms with Crippen molar-refractivity contribution < 1.29 is 42.3 Å². The molecule has 3 aromatic rings. The number of hydrogen-bond donors (Lipinski definition) is 2. The molecule has 274 valence electrons. The molecular weight excluding hydrogens is 688 g/mol. The molecule has 0 aliphatic carbocycles. The highest BCUT2D eigenvalue weighted by Crippen LogP contribution is 2.31. The summed E-state index contributed by atoms with van der Waals surface area (Å²) in [5, 5.41) is 12.3. The summed E-state index contributed by atoms with van der Waals surface area (Å²) in [6, 6.07) is 7.10. The molecule has 1 aromatic heterocycles. The van der Waals surface area contributed by atoms with E-state index < -0.39 is 23.5 Å². The number of anilines is 1. The number of imidazole rings is 1. The van der Waals surface area contributed by atoms with Gasteiger partial charge >= 0.3 is 5.97 Å². The van der Waals surface area contributed by atoms with Gasteiger partial charge in [-0.3, -0.25) is 14.4 Å². The summed E-state index contributed by atoms with van der Waals surface area (Å²) in [6.07, 6.45) is 2.51.